The fraction of sp³-hybridized carbons (Fsp3) is 0.455. The van der Waals surface area contributed by atoms with Crippen LogP contribution < -0.4 is 5.73 Å². The number of hydrogen-bond acceptors (Lipinski definition) is 1. The average Bonchev–Trinajstić information content (AvgIpc) is 2.21. The predicted molar refractivity (Wildman–Crippen MR) is 63.4 cm³/mol. The number of rotatable bonds is 3. The molecule has 6 heteroatoms. The van der Waals surface area contributed by atoms with Crippen LogP contribution in [0.4, 0.5) is 13.2 Å². The number of alkyl halides is 3. The van der Waals surface area contributed by atoms with Crippen molar-refractivity contribution >= 4 is 23.2 Å². The maximum Gasteiger partial charge on any atom is 0.416 e. The van der Waals surface area contributed by atoms with E-state index in [0.29, 0.717) is 6.42 Å². The van der Waals surface area contributed by atoms with Crippen LogP contribution in [0.5, 0.6) is 0 Å². The Balaban J connectivity index is 3.21. The van der Waals surface area contributed by atoms with Crippen LogP contribution >= 0.6 is 23.2 Å². The lowest BCUT2D eigenvalue weighted by molar-refractivity contribution is -0.138. The van der Waals surface area contributed by atoms with E-state index >= 15 is 0 Å². The Bertz CT molecular complexity index is 404. The summed E-state index contributed by atoms with van der Waals surface area (Å²) in [6, 6.07) is 1.76. The summed E-state index contributed by atoms with van der Waals surface area (Å²) in [5.41, 5.74) is 4.98. The van der Waals surface area contributed by atoms with Crippen molar-refractivity contribution < 1.29 is 13.2 Å². The summed E-state index contributed by atoms with van der Waals surface area (Å²) in [6.07, 6.45) is -3.73. The molecule has 1 aromatic carbocycles. The summed E-state index contributed by atoms with van der Waals surface area (Å²) in [4.78, 5) is 0. The second kappa shape index (κ2) is 5.46. The molecule has 0 aliphatic rings. The fourth-order valence-electron chi connectivity index (χ4n) is 1.45. The van der Waals surface area contributed by atoms with Crippen molar-refractivity contribution in [3.63, 3.8) is 0 Å². The molecule has 1 unspecified atom stereocenters. The molecule has 0 aliphatic heterocycles. The molecule has 0 spiro atoms. The summed E-state index contributed by atoms with van der Waals surface area (Å²) < 4.78 is 38.3. The molecule has 0 aromatic heterocycles. The predicted octanol–water partition coefficient (Wildman–Crippen LogP) is 4.29. The van der Waals surface area contributed by atoms with E-state index in [-0.39, 0.29) is 28.1 Å². The Morgan fingerprint density at radius 2 is 1.76 bits per heavy atom. The third-order valence-corrected chi connectivity index (χ3v) is 3.18. The van der Waals surface area contributed by atoms with Crippen LogP contribution in [0.2, 0.25) is 10.0 Å². The summed E-state index contributed by atoms with van der Waals surface area (Å²) in [5, 5.41) is 0.00535. The quantitative estimate of drug-likeness (QED) is 0.881. The number of benzene rings is 1. The van der Waals surface area contributed by atoms with Crippen LogP contribution in [-0.4, -0.2) is 6.04 Å². The van der Waals surface area contributed by atoms with Gasteiger partial charge in [-0.1, -0.05) is 30.1 Å². The molecule has 1 atom stereocenters. The van der Waals surface area contributed by atoms with Gasteiger partial charge in [-0.25, -0.2) is 0 Å². The highest BCUT2D eigenvalue weighted by Crippen LogP contribution is 2.37. The Kier molecular flexibility index (Phi) is 4.69. The van der Waals surface area contributed by atoms with E-state index in [9.17, 15) is 13.2 Å². The van der Waals surface area contributed by atoms with Gasteiger partial charge in [0.1, 0.15) is 0 Å². The molecule has 0 fully saturated rings. The van der Waals surface area contributed by atoms with Gasteiger partial charge in [0.05, 0.1) is 15.6 Å². The summed E-state index contributed by atoms with van der Waals surface area (Å²) in [7, 11) is 0. The van der Waals surface area contributed by atoms with Gasteiger partial charge in [0.15, 0.2) is 0 Å². The molecular formula is C11H12Cl2F3N. The fourth-order valence-corrected chi connectivity index (χ4v) is 1.80. The van der Waals surface area contributed by atoms with Crippen LogP contribution in [0.25, 0.3) is 0 Å². The minimum atomic E-state index is -4.45. The molecule has 1 rings (SSSR count). The topological polar surface area (TPSA) is 26.0 Å². The minimum absolute atomic E-state index is 0.0845. The Morgan fingerprint density at radius 3 is 2.24 bits per heavy atom. The van der Waals surface area contributed by atoms with Crippen molar-refractivity contribution in [1.29, 1.82) is 0 Å². The Hall–Kier alpha value is -0.450. The second-order valence-corrected chi connectivity index (χ2v) is 4.61. The maximum absolute atomic E-state index is 12.8. The first kappa shape index (κ1) is 14.6. The van der Waals surface area contributed by atoms with Gasteiger partial charge in [-0.2, -0.15) is 13.2 Å². The standard InChI is InChI=1S/C11H12Cl2F3N/c1-2-7(17)3-6-4-9(12)10(13)5-8(6)11(14,15)16/h4-5,7H,2-3,17H2,1H3. The van der Waals surface area contributed by atoms with E-state index in [1.54, 1.807) is 0 Å². The lowest BCUT2D eigenvalue weighted by Crippen LogP contribution is -2.23. The lowest BCUT2D eigenvalue weighted by Gasteiger charge is -2.16. The summed E-state index contributed by atoms with van der Waals surface area (Å²) in [5.74, 6) is 0. The third kappa shape index (κ3) is 3.76. The monoisotopic (exact) mass is 285 g/mol. The molecule has 1 nitrogen and oxygen atoms in total. The summed E-state index contributed by atoms with van der Waals surface area (Å²) >= 11 is 11.3. The van der Waals surface area contributed by atoms with Crippen molar-refractivity contribution in [2.75, 3.05) is 0 Å². The van der Waals surface area contributed by atoms with E-state index in [1.165, 1.54) is 6.07 Å². The van der Waals surface area contributed by atoms with Gasteiger partial charge in [-0.3, -0.25) is 0 Å². The molecule has 0 amide bonds. The van der Waals surface area contributed by atoms with Gasteiger partial charge < -0.3 is 5.73 Å². The highest BCUT2D eigenvalue weighted by atomic mass is 35.5. The first-order chi connectivity index (χ1) is 7.75. The molecule has 0 bridgehead atoms. The number of nitrogens with two attached hydrogens (primary N) is 1. The van der Waals surface area contributed by atoms with Gasteiger partial charge in [0, 0.05) is 6.04 Å². The molecule has 1 aromatic rings. The van der Waals surface area contributed by atoms with Crippen LogP contribution in [0.15, 0.2) is 12.1 Å². The zero-order valence-electron chi connectivity index (χ0n) is 9.11. The zero-order chi connectivity index (χ0) is 13.2. The maximum atomic E-state index is 12.8. The SMILES string of the molecule is CCC(N)Cc1cc(Cl)c(Cl)cc1C(F)(F)F. The molecule has 17 heavy (non-hydrogen) atoms. The largest absolute Gasteiger partial charge is 0.416 e. The van der Waals surface area contributed by atoms with E-state index in [2.05, 4.69) is 0 Å². The van der Waals surface area contributed by atoms with Crippen LogP contribution in [-0.2, 0) is 12.6 Å². The van der Waals surface area contributed by atoms with E-state index < -0.39 is 11.7 Å². The van der Waals surface area contributed by atoms with Crippen molar-refractivity contribution in [2.24, 2.45) is 5.73 Å². The smallest absolute Gasteiger partial charge is 0.327 e. The lowest BCUT2D eigenvalue weighted by atomic mass is 9.99. The number of hydrogen-bond donors (Lipinski definition) is 1. The molecule has 0 saturated carbocycles. The average molecular weight is 286 g/mol. The number of halogens is 5. The Labute approximate surface area is 108 Å². The second-order valence-electron chi connectivity index (χ2n) is 3.79. The van der Waals surface area contributed by atoms with Crippen LogP contribution in [0.1, 0.15) is 24.5 Å². The van der Waals surface area contributed by atoms with E-state index in [0.717, 1.165) is 6.07 Å². The van der Waals surface area contributed by atoms with Gasteiger partial charge in [-0.05, 0) is 30.5 Å². The van der Waals surface area contributed by atoms with Crippen LogP contribution in [0, 0.1) is 0 Å². The van der Waals surface area contributed by atoms with Gasteiger partial charge in [0.25, 0.3) is 0 Å². The first-order valence-electron chi connectivity index (χ1n) is 5.06. The first-order valence-corrected chi connectivity index (χ1v) is 5.82. The van der Waals surface area contributed by atoms with Gasteiger partial charge in [0.2, 0.25) is 0 Å². The molecule has 0 heterocycles. The highest BCUT2D eigenvalue weighted by molar-refractivity contribution is 6.42. The van der Waals surface area contributed by atoms with Crippen LogP contribution in [0.3, 0.4) is 0 Å². The van der Waals surface area contributed by atoms with Crippen molar-refractivity contribution in [3.8, 4) is 0 Å². The highest BCUT2D eigenvalue weighted by Gasteiger charge is 2.34. The molecule has 0 saturated heterocycles. The van der Waals surface area contributed by atoms with E-state index in [1.807, 2.05) is 6.92 Å². The normalized spacial score (nSPS) is 13.8. The Morgan fingerprint density at radius 1 is 1.24 bits per heavy atom. The molecule has 2 N–H and O–H groups in total. The zero-order valence-corrected chi connectivity index (χ0v) is 10.6. The van der Waals surface area contributed by atoms with Crippen molar-refractivity contribution in [1.82, 2.24) is 0 Å². The summed E-state index contributed by atoms with van der Waals surface area (Å²) in [6.45, 7) is 1.81. The molecular weight excluding hydrogens is 274 g/mol. The minimum Gasteiger partial charge on any atom is -0.327 e. The molecule has 0 aliphatic carbocycles. The van der Waals surface area contributed by atoms with Gasteiger partial charge in [-0.15, -0.1) is 0 Å². The van der Waals surface area contributed by atoms with E-state index in [4.69, 9.17) is 28.9 Å². The van der Waals surface area contributed by atoms with Crippen molar-refractivity contribution in [2.45, 2.75) is 32.0 Å². The third-order valence-electron chi connectivity index (χ3n) is 2.46. The van der Waals surface area contributed by atoms with Gasteiger partial charge >= 0.3 is 6.18 Å². The van der Waals surface area contributed by atoms with Crippen molar-refractivity contribution in [3.05, 3.63) is 33.3 Å². The molecule has 0 radical (unpaired) electrons. The molecule has 96 valence electrons.